The van der Waals surface area contributed by atoms with E-state index in [2.05, 4.69) is 19.2 Å². The van der Waals surface area contributed by atoms with Crippen LogP contribution in [0.4, 0.5) is 0 Å². The first-order valence-corrected chi connectivity index (χ1v) is 6.25. The summed E-state index contributed by atoms with van der Waals surface area (Å²) >= 11 is 0. The van der Waals surface area contributed by atoms with E-state index in [-0.39, 0.29) is 0 Å². The summed E-state index contributed by atoms with van der Waals surface area (Å²) in [5.41, 5.74) is 1.27. The Labute approximate surface area is 97.7 Å². The average Bonchev–Trinajstić information content (AvgIpc) is 3.11. The monoisotopic (exact) mass is 219 g/mol. The largest absolute Gasteiger partial charge is 0.508 e. The Morgan fingerprint density at radius 2 is 1.94 bits per heavy atom. The average molecular weight is 219 g/mol. The molecular weight excluding hydrogens is 198 g/mol. The molecule has 2 nitrogen and oxygen atoms in total. The lowest BCUT2D eigenvalue weighted by Gasteiger charge is -2.22. The second kappa shape index (κ2) is 4.88. The molecule has 0 bridgehead atoms. The van der Waals surface area contributed by atoms with Crippen LogP contribution < -0.4 is 5.32 Å². The molecule has 2 N–H and O–H groups in total. The summed E-state index contributed by atoms with van der Waals surface area (Å²) < 4.78 is 0. The van der Waals surface area contributed by atoms with Gasteiger partial charge >= 0.3 is 0 Å². The molecule has 0 aliphatic heterocycles. The summed E-state index contributed by atoms with van der Waals surface area (Å²) in [7, 11) is 0. The molecule has 0 heterocycles. The van der Waals surface area contributed by atoms with Crippen LogP contribution in [0.3, 0.4) is 0 Å². The van der Waals surface area contributed by atoms with Crippen LogP contribution in [-0.2, 0) is 0 Å². The van der Waals surface area contributed by atoms with E-state index >= 15 is 0 Å². The van der Waals surface area contributed by atoms with E-state index in [1.54, 1.807) is 12.1 Å². The number of aromatic hydroxyl groups is 1. The molecule has 1 fully saturated rings. The summed E-state index contributed by atoms with van der Waals surface area (Å²) in [5, 5.41) is 13.0. The molecule has 1 aromatic carbocycles. The topological polar surface area (TPSA) is 32.3 Å². The summed E-state index contributed by atoms with van der Waals surface area (Å²) in [4.78, 5) is 0. The van der Waals surface area contributed by atoms with Gasteiger partial charge in [-0.25, -0.2) is 0 Å². The maximum atomic E-state index is 9.27. The van der Waals surface area contributed by atoms with E-state index < -0.39 is 0 Å². The van der Waals surface area contributed by atoms with Crippen molar-refractivity contribution in [1.29, 1.82) is 0 Å². The molecular formula is C14H21NO. The van der Waals surface area contributed by atoms with Crippen LogP contribution in [0.25, 0.3) is 0 Å². The fourth-order valence-corrected chi connectivity index (χ4v) is 2.21. The van der Waals surface area contributed by atoms with Gasteiger partial charge in [0, 0.05) is 12.1 Å². The molecule has 2 rings (SSSR count). The molecule has 1 aliphatic carbocycles. The zero-order valence-electron chi connectivity index (χ0n) is 10.1. The second-order valence-corrected chi connectivity index (χ2v) is 4.85. The highest BCUT2D eigenvalue weighted by atomic mass is 16.3. The lowest BCUT2D eigenvalue weighted by Crippen LogP contribution is -2.31. The van der Waals surface area contributed by atoms with E-state index in [9.17, 15) is 5.11 Å². The van der Waals surface area contributed by atoms with Crippen molar-refractivity contribution in [1.82, 2.24) is 5.32 Å². The summed E-state index contributed by atoms with van der Waals surface area (Å²) in [6.45, 7) is 4.48. The molecule has 0 spiro atoms. The van der Waals surface area contributed by atoms with Crippen molar-refractivity contribution in [3.05, 3.63) is 29.8 Å². The van der Waals surface area contributed by atoms with Gasteiger partial charge in [0.2, 0.25) is 0 Å². The predicted octanol–water partition coefficient (Wildman–Crippen LogP) is 3.23. The fourth-order valence-electron chi connectivity index (χ4n) is 2.21. The molecule has 2 unspecified atom stereocenters. The third kappa shape index (κ3) is 2.76. The van der Waals surface area contributed by atoms with Gasteiger partial charge in [0.15, 0.2) is 0 Å². The molecule has 0 saturated heterocycles. The van der Waals surface area contributed by atoms with Crippen molar-refractivity contribution in [2.75, 3.05) is 0 Å². The third-order valence-electron chi connectivity index (χ3n) is 3.50. The molecule has 88 valence electrons. The number of benzene rings is 1. The number of phenols is 1. The van der Waals surface area contributed by atoms with Gasteiger partial charge in [0.05, 0.1) is 0 Å². The fraction of sp³-hybridized carbons (Fsp3) is 0.571. The normalized spacial score (nSPS) is 19.4. The Bertz CT molecular complexity index is 329. The molecule has 0 amide bonds. The standard InChI is InChI=1S/C14H21NO/c1-3-14(15-10(2)11-4-5-11)12-6-8-13(16)9-7-12/h6-11,14-16H,3-5H2,1-2H3. The van der Waals surface area contributed by atoms with Crippen molar-refractivity contribution in [2.45, 2.75) is 45.2 Å². The highest BCUT2D eigenvalue weighted by molar-refractivity contribution is 5.28. The molecule has 2 atom stereocenters. The lowest BCUT2D eigenvalue weighted by molar-refractivity contribution is 0.413. The minimum absolute atomic E-state index is 0.342. The van der Waals surface area contributed by atoms with Gasteiger partial charge in [-0.1, -0.05) is 19.1 Å². The second-order valence-electron chi connectivity index (χ2n) is 4.85. The Kier molecular flexibility index (Phi) is 3.49. The van der Waals surface area contributed by atoms with E-state index in [4.69, 9.17) is 0 Å². The van der Waals surface area contributed by atoms with Crippen molar-refractivity contribution in [2.24, 2.45) is 5.92 Å². The summed E-state index contributed by atoms with van der Waals surface area (Å²) in [5.74, 6) is 1.22. The highest BCUT2D eigenvalue weighted by Gasteiger charge is 2.29. The molecule has 16 heavy (non-hydrogen) atoms. The maximum Gasteiger partial charge on any atom is 0.115 e. The number of hydrogen-bond acceptors (Lipinski definition) is 2. The highest BCUT2D eigenvalue weighted by Crippen LogP contribution is 2.34. The van der Waals surface area contributed by atoms with Crippen LogP contribution in [0, 0.1) is 5.92 Å². The first-order chi connectivity index (χ1) is 7.70. The van der Waals surface area contributed by atoms with Crippen LogP contribution in [0.2, 0.25) is 0 Å². The van der Waals surface area contributed by atoms with Gasteiger partial charge in [0.1, 0.15) is 5.75 Å². The SMILES string of the molecule is CCC(NC(C)C1CC1)c1ccc(O)cc1. The van der Waals surface area contributed by atoms with Crippen LogP contribution in [-0.4, -0.2) is 11.1 Å². The Balaban J connectivity index is 2.00. The third-order valence-corrected chi connectivity index (χ3v) is 3.50. The quantitative estimate of drug-likeness (QED) is 0.797. The smallest absolute Gasteiger partial charge is 0.115 e. The van der Waals surface area contributed by atoms with Crippen LogP contribution in [0.15, 0.2) is 24.3 Å². The maximum absolute atomic E-state index is 9.27. The molecule has 1 aliphatic rings. The van der Waals surface area contributed by atoms with Crippen molar-refractivity contribution < 1.29 is 5.11 Å². The first-order valence-electron chi connectivity index (χ1n) is 6.25. The van der Waals surface area contributed by atoms with Gasteiger partial charge in [-0.05, 0) is 49.8 Å². The van der Waals surface area contributed by atoms with Gasteiger partial charge in [0.25, 0.3) is 0 Å². The molecule has 0 aromatic heterocycles. The minimum Gasteiger partial charge on any atom is -0.508 e. The first kappa shape index (κ1) is 11.5. The molecule has 2 heteroatoms. The Morgan fingerprint density at radius 1 is 1.31 bits per heavy atom. The van der Waals surface area contributed by atoms with Crippen molar-refractivity contribution in [3.63, 3.8) is 0 Å². The Morgan fingerprint density at radius 3 is 2.44 bits per heavy atom. The number of hydrogen-bond donors (Lipinski definition) is 2. The molecule has 0 radical (unpaired) electrons. The number of phenolic OH excluding ortho intramolecular Hbond substituents is 1. The zero-order valence-corrected chi connectivity index (χ0v) is 10.1. The summed E-state index contributed by atoms with van der Waals surface area (Å²) in [6, 6.07) is 8.57. The van der Waals surface area contributed by atoms with Crippen LogP contribution in [0.1, 0.15) is 44.7 Å². The van der Waals surface area contributed by atoms with Crippen molar-refractivity contribution >= 4 is 0 Å². The molecule has 1 saturated carbocycles. The Hall–Kier alpha value is -1.02. The van der Waals surface area contributed by atoms with E-state index in [1.807, 2.05) is 12.1 Å². The van der Waals surface area contributed by atoms with E-state index in [1.165, 1.54) is 18.4 Å². The molecule has 1 aromatic rings. The van der Waals surface area contributed by atoms with Crippen molar-refractivity contribution in [3.8, 4) is 5.75 Å². The zero-order chi connectivity index (χ0) is 11.5. The van der Waals surface area contributed by atoms with Gasteiger partial charge < -0.3 is 10.4 Å². The van der Waals surface area contributed by atoms with Gasteiger partial charge in [-0.3, -0.25) is 0 Å². The van der Waals surface area contributed by atoms with Crippen LogP contribution in [0.5, 0.6) is 5.75 Å². The number of nitrogens with one attached hydrogen (secondary N) is 1. The van der Waals surface area contributed by atoms with E-state index in [0.29, 0.717) is 17.8 Å². The number of rotatable bonds is 5. The summed E-state index contributed by atoms with van der Waals surface area (Å²) in [6.07, 6.45) is 3.84. The predicted molar refractivity (Wildman–Crippen MR) is 66.5 cm³/mol. The van der Waals surface area contributed by atoms with Gasteiger partial charge in [-0.2, -0.15) is 0 Å². The van der Waals surface area contributed by atoms with Crippen LogP contribution >= 0.6 is 0 Å². The lowest BCUT2D eigenvalue weighted by atomic mass is 10.0. The van der Waals surface area contributed by atoms with E-state index in [0.717, 1.165) is 12.3 Å². The van der Waals surface area contributed by atoms with Gasteiger partial charge in [-0.15, -0.1) is 0 Å². The minimum atomic E-state index is 0.342.